The third-order valence-corrected chi connectivity index (χ3v) is 3.11. The molecule has 88 valence electrons. The zero-order valence-corrected chi connectivity index (χ0v) is 9.24. The summed E-state index contributed by atoms with van der Waals surface area (Å²) >= 11 is 0. The molecule has 1 N–H and O–H groups in total. The van der Waals surface area contributed by atoms with Gasteiger partial charge in [0.15, 0.2) is 0 Å². The highest BCUT2D eigenvalue weighted by Crippen LogP contribution is 2.20. The Labute approximate surface area is 97.4 Å². The minimum atomic E-state index is -0.413. The van der Waals surface area contributed by atoms with Crippen molar-refractivity contribution in [1.82, 2.24) is 14.9 Å². The van der Waals surface area contributed by atoms with Crippen molar-refractivity contribution in [2.45, 2.75) is 12.8 Å². The number of carbonyl (C=O) groups excluding carboxylic acids is 1. The van der Waals surface area contributed by atoms with E-state index in [1.165, 1.54) is 18.5 Å². The molecule has 1 aliphatic rings. The Bertz CT molecular complexity index is 572. The minimum absolute atomic E-state index is 0.126. The van der Waals surface area contributed by atoms with E-state index in [-0.39, 0.29) is 5.91 Å². The van der Waals surface area contributed by atoms with Crippen LogP contribution in [0.15, 0.2) is 18.5 Å². The second-order valence-corrected chi connectivity index (χ2v) is 4.25. The van der Waals surface area contributed by atoms with Gasteiger partial charge in [-0.25, -0.2) is 9.37 Å². The van der Waals surface area contributed by atoms with Crippen LogP contribution in [0.2, 0.25) is 0 Å². The Morgan fingerprint density at radius 2 is 2.12 bits per heavy atom. The molecule has 0 bridgehead atoms. The number of hydrogen-bond donors (Lipinski definition) is 1. The van der Waals surface area contributed by atoms with Crippen LogP contribution < -0.4 is 0 Å². The molecule has 3 rings (SSSR count). The highest BCUT2D eigenvalue weighted by atomic mass is 19.1. The molecular formula is C12H12FN3O. The Kier molecular flexibility index (Phi) is 2.31. The highest BCUT2D eigenvalue weighted by molar-refractivity contribution is 6.04. The van der Waals surface area contributed by atoms with Gasteiger partial charge in [-0.1, -0.05) is 0 Å². The minimum Gasteiger partial charge on any atom is -0.344 e. The van der Waals surface area contributed by atoms with Crippen molar-refractivity contribution >= 4 is 16.9 Å². The molecule has 0 aliphatic carbocycles. The third-order valence-electron chi connectivity index (χ3n) is 3.11. The molecule has 1 aliphatic heterocycles. The molecule has 5 heteroatoms. The largest absolute Gasteiger partial charge is 0.344 e. The zero-order valence-electron chi connectivity index (χ0n) is 9.24. The normalized spacial score (nSPS) is 15.7. The molecule has 0 saturated carbocycles. The van der Waals surface area contributed by atoms with Gasteiger partial charge in [0.1, 0.15) is 11.3 Å². The van der Waals surface area contributed by atoms with Gasteiger partial charge in [0.25, 0.3) is 5.91 Å². The quantitative estimate of drug-likeness (QED) is 0.818. The van der Waals surface area contributed by atoms with Crippen LogP contribution in [0.25, 0.3) is 11.0 Å². The van der Waals surface area contributed by atoms with Crippen LogP contribution in [-0.4, -0.2) is 33.9 Å². The van der Waals surface area contributed by atoms with E-state index in [4.69, 9.17) is 0 Å². The first-order chi connectivity index (χ1) is 8.25. The summed E-state index contributed by atoms with van der Waals surface area (Å²) in [7, 11) is 0. The number of fused-ring (bicyclic) bond motifs is 1. The topological polar surface area (TPSA) is 49.0 Å². The van der Waals surface area contributed by atoms with Gasteiger partial charge in [0.05, 0.1) is 17.4 Å². The Morgan fingerprint density at radius 3 is 2.88 bits per heavy atom. The number of hydrogen-bond acceptors (Lipinski definition) is 2. The van der Waals surface area contributed by atoms with Crippen molar-refractivity contribution < 1.29 is 9.18 Å². The fourth-order valence-corrected chi connectivity index (χ4v) is 2.27. The van der Waals surface area contributed by atoms with Gasteiger partial charge < -0.3 is 9.88 Å². The molecule has 0 spiro atoms. The summed E-state index contributed by atoms with van der Waals surface area (Å²) in [4.78, 5) is 20.9. The van der Waals surface area contributed by atoms with Crippen LogP contribution >= 0.6 is 0 Å². The van der Waals surface area contributed by atoms with Gasteiger partial charge in [-0.2, -0.15) is 0 Å². The lowest BCUT2D eigenvalue weighted by Crippen LogP contribution is -2.27. The molecule has 17 heavy (non-hydrogen) atoms. The Morgan fingerprint density at radius 1 is 1.35 bits per heavy atom. The summed E-state index contributed by atoms with van der Waals surface area (Å²) < 4.78 is 13.4. The second-order valence-electron chi connectivity index (χ2n) is 4.25. The van der Waals surface area contributed by atoms with Crippen LogP contribution in [0.5, 0.6) is 0 Å². The van der Waals surface area contributed by atoms with E-state index in [9.17, 15) is 9.18 Å². The molecule has 0 radical (unpaired) electrons. The fourth-order valence-electron chi connectivity index (χ4n) is 2.27. The summed E-state index contributed by atoms with van der Waals surface area (Å²) in [5.74, 6) is -0.539. The number of amides is 1. The second kappa shape index (κ2) is 3.84. The molecule has 1 aromatic heterocycles. The first-order valence-electron chi connectivity index (χ1n) is 5.67. The predicted molar refractivity (Wildman–Crippen MR) is 61.2 cm³/mol. The summed E-state index contributed by atoms with van der Waals surface area (Å²) in [5.41, 5.74) is 1.46. The van der Waals surface area contributed by atoms with Crippen molar-refractivity contribution in [1.29, 1.82) is 0 Å². The van der Waals surface area contributed by atoms with Gasteiger partial charge in [0, 0.05) is 13.1 Å². The SMILES string of the molecule is O=C(c1cc(F)cc2[nH]cnc12)N1CCCC1. The lowest BCUT2D eigenvalue weighted by Gasteiger charge is -2.15. The molecule has 1 fully saturated rings. The van der Waals surface area contributed by atoms with Crippen LogP contribution in [0.4, 0.5) is 4.39 Å². The van der Waals surface area contributed by atoms with Gasteiger partial charge in [-0.3, -0.25) is 4.79 Å². The van der Waals surface area contributed by atoms with E-state index in [1.54, 1.807) is 4.90 Å². The predicted octanol–water partition coefficient (Wildman–Crippen LogP) is 1.94. The van der Waals surface area contributed by atoms with E-state index in [0.29, 0.717) is 16.6 Å². The molecule has 1 amide bonds. The van der Waals surface area contributed by atoms with E-state index >= 15 is 0 Å². The summed E-state index contributed by atoms with van der Waals surface area (Å²) in [6.07, 6.45) is 3.51. The first kappa shape index (κ1) is 10.3. The standard InChI is InChI=1S/C12H12FN3O/c13-8-5-9(11-10(6-8)14-7-15-11)12(17)16-3-1-2-4-16/h5-7H,1-4H2,(H,14,15). The molecule has 0 atom stereocenters. The number of carbonyl (C=O) groups is 1. The molecule has 1 saturated heterocycles. The van der Waals surface area contributed by atoms with Crippen molar-refractivity contribution in [2.75, 3.05) is 13.1 Å². The summed E-state index contributed by atoms with van der Waals surface area (Å²) in [6.45, 7) is 1.50. The maximum Gasteiger partial charge on any atom is 0.256 e. The molecular weight excluding hydrogens is 221 g/mol. The number of H-pyrrole nitrogens is 1. The number of likely N-dealkylation sites (tertiary alicyclic amines) is 1. The molecule has 1 aromatic carbocycles. The number of halogens is 1. The van der Waals surface area contributed by atoms with Gasteiger partial charge in [0.2, 0.25) is 0 Å². The van der Waals surface area contributed by atoms with Crippen molar-refractivity contribution in [3.63, 3.8) is 0 Å². The number of imidazole rings is 1. The monoisotopic (exact) mass is 233 g/mol. The van der Waals surface area contributed by atoms with Gasteiger partial charge >= 0.3 is 0 Å². The van der Waals surface area contributed by atoms with Gasteiger partial charge in [-0.05, 0) is 25.0 Å². The molecule has 4 nitrogen and oxygen atoms in total. The van der Waals surface area contributed by atoms with Crippen LogP contribution in [-0.2, 0) is 0 Å². The molecule has 2 heterocycles. The average molecular weight is 233 g/mol. The van der Waals surface area contributed by atoms with Crippen LogP contribution in [0, 0.1) is 5.82 Å². The van der Waals surface area contributed by atoms with Crippen LogP contribution in [0.3, 0.4) is 0 Å². The number of benzene rings is 1. The van der Waals surface area contributed by atoms with Gasteiger partial charge in [-0.15, -0.1) is 0 Å². The van der Waals surface area contributed by atoms with E-state index in [1.807, 2.05) is 0 Å². The Hall–Kier alpha value is -1.91. The van der Waals surface area contributed by atoms with Crippen LogP contribution in [0.1, 0.15) is 23.2 Å². The number of nitrogens with zero attached hydrogens (tertiary/aromatic N) is 2. The van der Waals surface area contributed by atoms with E-state index < -0.39 is 5.82 Å². The Balaban J connectivity index is 2.09. The van der Waals surface area contributed by atoms with E-state index in [2.05, 4.69) is 9.97 Å². The zero-order chi connectivity index (χ0) is 11.8. The maximum atomic E-state index is 13.4. The highest BCUT2D eigenvalue weighted by Gasteiger charge is 2.22. The first-order valence-corrected chi connectivity index (χ1v) is 5.67. The fraction of sp³-hybridized carbons (Fsp3) is 0.333. The van der Waals surface area contributed by atoms with E-state index in [0.717, 1.165) is 25.9 Å². The average Bonchev–Trinajstić information content (AvgIpc) is 2.97. The summed E-state index contributed by atoms with van der Waals surface area (Å²) in [5, 5.41) is 0. The maximum absolute atomic E-state index is 13.4. The van der Waals surface area contributed by atoms with Crippen molar-refractivity contribution in [3.8, 4) is 0 Å². The lowest BCUT2D eigenvalue weighted by atomic mass is 10.1. The number of aromatic nitrogens is 2. The third kappa shape index (κ3) is 1.67. The smallest absolute Gasteiger partial charge is 0.256 e. The van der Waals surface area contributed by atoms with Crippen molar-refractivity contribution in [3.05, 3.63) is 29.8 Å². The lowest BCUT2D eigenvalue weighted by molar-refractivity contribution is 0.0794. The molecule has 0 unspecified atom stereocenters. The number of nitrogens with one attached hydrogen (secondary N) is 1. The number of aromatic amines is 1. The summed E-state index contributed by atoms with van der Waals surface area (Å²) in [6, 6.07) is 2.62. The van der Waals surface area contributed by atoms with Crippen molar-refractivity contribution in [2.24, 2.45) is 0 Å². The molecule has 2 aromatic rings. The number of rotatable bonds is 1.